The molecule has 0 saturated heterocycles. The number of pyridine rings is 2. The van der Waals surface area contributed by atoms with Crippen molar-refractivity contribution in [2.24, 2.45) is 0 Å². The van der Waals surface area contributed by atoms with Crippen molar-refractivity contribution in [1.29, 1.82) is 5.26 Å². The minimum Gasteiger partial charge on any atom is -0.365 e. The van der Waals surface area contributed by atoms with Gasteiger partial charge in [-0.25, -0.2) is 27.5 Å². The molecule has 11 heteroatoms. The van der Waals surface area contributed by atoms with Crippen LogP contribution < -0.4 is 10.6 Å². The summed E-state index contributed by atoms with van der Waals surface area (Å²) in [7, 11) is 0. The zero-order valence-electron chi connectivity index (χ0n) is 19.3. The number of nitrogens with zero attached hydrogens (tertiary/aromatic N) is 3. The van der Waals surface area contributed by atoms with Crippen LogP contribution in [-0.2, 0) is 0 Å². The number of amides is 1. The SMILES string of the molecule is N#Cc1cc(F)c(NC2CCC[C@@H](NC(=O)c3ncccc3F)C2)nc1-c1c[nH]c2c(F)cc(F)cc12. The van der Waals surface area contributed by atoms with Crippen LogP contribution in [0.5, 0.6) is 0 Å². The molecule has 1 unspecified atom stereocenters. The van der Waals surface area contributed by atoms with Gasteiger partial charge >= 0.3 is 0 Å². The molecule has 0 bridgehead atoms. The summed E-state index contributed by atoms with van der Waals surface area (Å²) in [6, 6.07) is 6.71. The molecule has 3 heterocycles. The zero-order valence-corrected chi connectivity index (χ0v) is 19.3. The Balaban J connectivity index is 1.39. The number of nitriles is 1. The van der Waals surface area contributed by atoms with Crippen LogP contribution in [0.2, 0.25) is 0 Å². The van der Waals surface area contributed by atoms with E-state index in [-0.39, 0.29) is 51.3 Å². The van der Waals surface area contributed by atoms with Crippen LogP contribution in [0.1, 0.15) is 41.7 Å². The normalized spacial score (nSPS) is 17.4. The highest BCUT2D eigenvalue weighted by Crippen LogP contribution is 2.34. The van der Waals surface area contributed by atoms with Crippen LogP contribution in [0.4, 0.5) is 23.4 Å². The first-order valence-corrected chi connectivity index (χ1v) is 11.6. The van der Waals surface area contributed by atoms with Gasteiger partial charge in [0.2, 0.25) is 0 Å². The number of benzene rings is 1. The number of carbonyl (C=O) groups is 1. The molecular weight excluding hydrogens is 488 g/mol. The van der Waals surface area contributed by atoms with E-state index in [0.717, 1.165) is 24.3 Å². The molecule has 5 rings (SSSR count). The Labute approximate surface area is 208 Å². The number of fused-ring (bicyclic) bond motifs is 1. The molecule has 3 N–H and O–H groups in total. The molecule has 1 aromatic carbocycles. The highest BCUT2D eigenvalue weighted by molar-refractivity contribution is 5.96. The van der Waals surface area contributed by atoms with Gasteiger partial charge in [0.1, 0.15) is 17.7 Å². The number of nitrogens with one attached hydrogen (secondary N) is 3. The van der Waals surface area contributed by atoms with Gasteiger partial charge in [-0.05, 0) is 49.9 Å². The van der Waals surface area contributed by atoms with Gasteiger partial charge in [-0.3, -0.25) is 4.79 Å². The summed E-state index contributed by atoms with van der Waals surface area (Å²) >= 11 is 0. The van der Waals surface area contributed by atoms with E-state index >= 15 is 0 Å². The predicted octanol–water partition coefficient (Wildman–Crippen LogP) is 5.21. The molecule has 1 aliphatic carbocycles. The average Bonchev–Trinajstić information content (AvgIpc) is 3.29. The number of H-pyrrole nitrogens is 1. The first-order chi connectivity index (χ1) is 17.8. The second-order valence-electron chi connectivity index (χ2n) is 8.85. The summed E-state index contributed by atoms with van der Waals surface area (Å²) in [4.78, 5) is 23.3. The summed E-state index contributed by atoms with van der Waals surface area (Å²) < 4.78 is 56.9. The second-order valence-corrected chi connectivity index (χ2v) is 8.85. The quantitative estimate of drug-likeness (QED) is 0.321. The number of anilines is 1. The number of hydrogen-bond acceptors (Lipinski definition) is 5. The van der Waals surface area contributed by atoms with Crippen molar-refractivity contribution in [3.05, 3.63) is 77.3 Å². The highest BCUT2D eigenvalue weighted by atomic mass is 19.1. The lowest BCUT2D eigenvalue weighted by Crippen LogP contribution is -2.42. The number of aromatic amines is 1. The molecule has 0 radical (unpaired) electrons. The summed E-state index contributed by atoms with van der Waals surface area (Å²) in [5, 5.41) is 15.5. The van der Waals surface area contributed by atoms with Crippen LogP contribution in [0.25, 0.3) is 22.2 Å². The van der Waals surface area contributed by atoms with E-state index in [1.165, 1.54) is 18.5 Å². The molecular formula is C26H20F4N6O. The van der Waals surface area contributed by atoms with E-state index in [1.54, 1.807) is 0 Å². The number of carbonyl (C=O) groups excluding carboxylic acids is 1. The molecule has 0 aliphatic heterocycles. The molecule has 37 heavy (non-hydrogen) atoms. The molecule has 3 aromatic heterocycles. The van der Waals surface area contributed by atoms with Crippen LogP contribution >= 0.6 is 0 Å². The topological polar surface area (TPSA) is 106 Å². The van der Waals surface area contributed by atoms with E-state index in [9.17, 15) is 27.6 Å². The maximum absolute atomic E-state index is 14.9. The standard InChI is InChI=1S/C26H20F4N6O/c27-14-8-17-18(12-33-23(17)20(29)9-14)22-13(11-31)7-21(30)25(36-22)34-15-3-1-4-16(10-15)35-26(37)24-19(28)5-2-6-32-24/h2,5-9,12,15-16,33H,1,3-4,10H2,(H,34,36)(H,35,37)/t15?,16-/m1/s1. The maximum atomic E-state index is 14.9. The van der Waals surface area contributed by atoms with Crippen molar-refractivity contribution in [2.75, 3.05) is 5.32 Å². The van der Waals surface area contributed by atoms with E-state index in [4.69, 9.17) is 0 Å². The lowest BCUT2D eigenvalue weighted by molar-refractivity contribution is 0.0916. The van der Waals surface area contributed by atoms with Gasteiger partial charge in [-0.2, -0.15) is 5.26 Å². The number of aromatic nitrogens is 3. The van der Waals surface area contributed by atoms with E-state index < -0.39 is 29.2 Å². The fourth-order valence-corrected chi connectivity index (χ4v) is 4.68. The fourth-order valence-electron chi connectivity index (χ4n) is 4.68. The Bertz CT molecular complexity index is 1550. The lowest BCUT2D eigenvalue weighted by Gasteiger charge is -2.30. The van der Waals surface area contributed by atoms with Crippen molar-refractivity contribution in [3.8, 4) is 17.3 Å². The Kier molecular flexibility index (Phi) is 6.48. The van der Waals surface area contributed by atoms with Gasteiger partial charge in [0.15, 0.2) is 23.1 Å². The van der Waals surface area contributed by atoms with Gasteiger partial charge in [0, 0.05) is 41.5 Å². The summed E-state index contributed by atoms with van der Waals surface area (Å²) in [6.45, 7) is 0. The predicted molar refractivity (Wildman–Crippen MR) is 127 cm³/mol. The van der Waals surface area contributed by atoms with Crippen LogP contribution in [0, 0.1) is 34.6 Å². The fraction of sp³-hybridized carbons (Fsp3) is 0.231. The third-order valence-corrected chi connectivity index (χ3v) is 6.38. The Morgan fingerprint density at radius 2 is 1.89 bits per heavy atom. The summed E-state index contributed by atoms with van der Waals surface area (Å²) in [5.41, 5.74) is -0.0438. The average molecular weight is 508 g/mol. The van der Waals surface area contributed by atoms with Crippen molar-refractivity contribution in [2.45, 2.75) is 37.8 Å². The van der Waals surface area contributed by atoms with Crippen molar-refractivity contribution in [3.63, 3.8) is 0 Å². The molecule has 1 saturated carbocycles. The van der Waals surface area contributed by atoms with Crippen LogP contribution in [0.15, 0.2) is 42.7 Å². The molecule has 188 valence electrons. The second kappa shape index (κ2) is 9.89. The Hall–Kier alpha value is -4.46. The highest BCUT2D eigenvalue weighted by Gasteiger charge is 2.27. The van der Waals surface area contributed by atoms with Gasteiger partial charge < -0.3 is 15.6 Å². The third-order valence-electron chi connectivity index (χ3n) is 6.38. The summed E-state index contributed by atoms with van der Waals surface area (Å²) in [6.07, 6.45) is 5.15. The van der Waals surface area contributed by atoms with Crippen LogP contribution in [-0.4, -0.2) is 32.9 Å². The lowest BCUT2D eigenvalue weighted by atomic mass is 9.90. The minimum atomic E-state index is -0.805. The summed E-state index contributed by atoms with van der Waals surface area (Å²) in [5.74, 6) is -3.86. The van der Waals surface area contributed by atoms with Crippen molar-refractivity contribution >= 4 is 22.6 Å². The molecule has 4 aromatic rings. The minimum absolute atomic E-state index is 0.0381. The molecule has 2 atom stereocenters. The molecule has 0 spiro atoms. The van der Waals surface area contributed by atoms with Gasteiger partial charge in [-0.15, -0.1) is 0 Å². The van der Waals surface area contributed by atoms with E-state index in [1.807, 2.05) is 6.07 Å². The molecule has 7 nitrogen and oxygen atoms in total. The third kappa shape index (κ3) is 4.82. The van der Waals surface area contributed by atoms with Crippen molar-refractivity contribution in [1.82, 2.24) is 20.3 Å². The number of halogens is 4. The first kappa shape index (κ1) is 24.2. The Morgan fingerprint density at radius 1 is 1.08 bits per heavy atom. The number of hydrogen-bond donors (Lipinski definition) is 3. The molecule has 1 fully saturated rings. The maximum Gasteiger partial charge on any atom is 0.273 e. The largest absolute Gasteiger partial charge is 0.365 e. The van der Waals surface area contributed by atoms with Crippen molar-refractivity contribution < 1.29 is 22.4 Å². The molecule has 1 aliphatic rings. The first-order valence-electron chi connectivity index (χ1n) is 11.6. The van der Waals surface area contributed by atoms with Crippen LogP contribution in [0.3, 0.4) is 0 Å². The Morgan fingerprint density at radius 3 is 2.68 bits per heavy atom. The number of rotatable bonds is 5. The van der Waals surface area contributed by atoms with E-state index in [2.05, 4.69) is 25.6 Å². The van der Waals surface area contributed by atoms with E-state index in [0.29, 0.717) is 25.7 Å². The molecule has 1 amide bonds. The van der Waals surface area contributed by atoms with Gasteiger partial charge in [0.05, 0.1) is 16.8 Å². The monoisotopic (exact) mass is 508 g/mol. The van der Waals surface area contributed by atoms with Gasteiger partial charge in [-0.1, -0.05) is 0 Å². The van der Waals surface area contributed by atoms with Gasteiger partial charge in [0.25, 0.3) is 5.91 Å². The zero-order chi connectivity index (χ0) is 26.1. The smallest absolute Gasteiger partial charge is 0.273 e.